The molecule has 3 N–H and O–H groups in total. The second-order valence-corrected chi connectivity index (χ2v) is 5.10. The minimum Gasteiger partial charge on any atom is -0.453 e. The number of rotatable bonds is 3. The van der Waals surface area contributed by atoms with Crippen LogP contribution in [0.4, 0.5) is 4.39 Å². The molecule has 0 atom stereocenters. The molecule has 0 bridgehead atoms. The molecule has 0 radical (unpaired) electrons. The third-order valence-electron chi connectivity index (χ3n) is 2.45. The van der Waals surface area contributed by atoms with Crippen molar-refractivity contribution in [2.75, 3.05) is 0 Å². The molecule has 0 heterocycles. The van der Waals surface area contributed by atoms with Gasteiger partial charge in [-0.05, 0) is 52.3 Å². The number of oxime groups is 1. The first-order chi connectivity index (χ1) is 9.51. The molecular weight excluding hydrogens is 351 g/mol. The van der Waals surface area contributed by atoms with Gasteiger partial charge < -0.3 is 15.7 Å². The summed E-state index contributed by atoms with van der Waals surface area (Å²) in [5.74, 6) is -0.369. The summed E-state index contributed by atoms with van der Waals surface area (Å²) >= 11 is 9.09. The first-order valence-electron chi connectivity index (χ1n) is 5.41. The average Bonchev–Trinajstić information content (AvgIpc) is 2.42. The lowest BCUT2D eigenvalue weighted by Gasteiger charge is -2.09. The van der Waals surface area contributed by atoms with Crippen LogP contribution in [0.5, 0.6) is 11.5 Å². The number of amidine groups is 1. The molecule has 2 aromatic carbocycles. The fourth-order valence-electron chi connectivity index (χ4n) is 1.48. The maximum atomic E-state index is 13.9. The van der Waals surface area contributed by atoms with Crippen molar-refractivity contribution in [3.05, 3.63) is 57.3 Å². The Labute approximate surface area is 127 Å². The molecule has 0 saturated carbocycles. The van der Waals surface area contributed by atoms with Gasteiger partial charge in [-0.3, -0.25) is 0 Å². The Kier molecular flexibility index (Phi) is 4.46. The van der Waals surface area contributed by atoms with Crippen LogP contribution >= 0.6 is 27.5 Å². The number of halogens is 3. The zero-order chi connectivity index (χ0) is 14.7. The molecule has 20 heavy (non-hydrogen) atoms. The zero-order valence-corrected chi connectivity index (χ0v) is 12.3. The van der Waals surface area contributed by atoms with Crippen molar-refractivity contribution in [1.29, 1.82) is 0 Å². The van der Waals surface area contributed by atoms with E-state index in [2.05, 4.69) is 21.1 Å². The van der Waals surface area contributed by atoms with Crippen LogP contribution in [-0.2, 0) is 0 Å². The summed E-state index contributed by atoms with van der Waals surface area (Å²) < 4.78 is 19.9. The molecule has 0 aliphatic carbocycles. The van der Waals surface area contributed by atoms with Gasteiger partial charge in [0, 0.05) is 10.6 Å². The molecule has 0 unspecified atom stereocenters. The third kappa shape index (κ3) is 3.20. The first-order valence-corrected chi connectivity index (χ1v) is 6.58. The highest BCUT2D eigenvalue weighted by Crippen LogP contribution is 2.33. The normalized spacial score (nSPS) is 11.4. The maximum Gasteiger partial charge on any atom is 0.170 e. The summed E-state index contributed by atoms with van der Waals surface area (Å²) in [7, 11) is 0. The molecule has 0 aliphatic heterocycles. The van der Waals surface area contributed by atoms with Crippen molar-refractivity contribution >= 4 is 33.4 Å². The summed E-state index contributed by atoms with van der Waals surface area (Å²) in [4.78, 5) is 0. The van der Waals surface area contributed by atoms with Crippen molar-refractivity contribution < 1.29 is 14.3 Å². The average molecular weight is 360 g/mol. The predicted molar refractivity (Wildman–Crippen MR) is 78.1 cm³/mol. The van der Waals surface area contributed by atoms with Gasteiger partial charge in [0.2, 0.25) is 0 Å². The van der Waals surface area contributed by atoms with Crippen molar-refractivity contribution in [3.63, 3.8) is 0 Å². The molecule has 4 nitrogen and oxygen atoms in total. The van der Waals surface area contributed by atoms with Crippen LogP contribution in [0.15, 0.2) is 46.0 Å². The van der Waals surface area contributed by atoms with Crippen molar-refractivity contribution in [1.82, 2.24) is 0 Å². The number of nitrogens with two attached hydrogens (primary N) is 1. The van der Waals surface area contributed by atoms with E-state index in [1.54, 1.807) is 18.2 Å². The van der Waals surface area contributed by atoms with Crippen molar-refractivity contribution in [2.24, 2.45) is 10.9 Å². The van der Waals surface area contributed by atoms with E-state index < -0.39 is 5.82 Å². The van der Waals surface area contributed by atoms with E-state index in [9.17, 15) is 4.39 Å². The van der Waals surface area contributed by atoms with E-state index in [0.717, 1.165) is 6.07 Å². The molecule has 2 aromatic rings. The predicted octanol–water partition coefficient (Wildman–Crippen LogP) is 4.13. The van der Waals surface area contributed by atoms with E-state index in [0.29, 0.717) is 15.2 Å². The van der Waals surface area contributed by atoms with E-state index in [1.807, 2.05) is 0 Å². The number of hydrogen-bond donors (Lipinski definition) is 2. The SMILES string of the molecule is N/C(=N\O)c1ccc(Oc2ccc(Cl)cc2Br)c(F)c1. The van der Waals surface area contributed by atoms with Crippen LogP contribution in [-0.4, -0.2) is 11.0 Å². The summed E-state index contributed by atoms with van der Waals surface area (Å²) in [6, 6.07) is 8.88. The molecule has 7 heteroatoms. The summed E-state index contributed by atoms with van der Waals surface area (Å²) in [6.45, 7) is 0. The van der Waals surface area contributed by atoms with Gasteiger partial charge in [0.05, 0.1) is 4.47 Å². The molecular formula is C13H9BrClFN2O2. The van der Waals surface area contributed by atoms with Crippen molar-refractivity contribution in [2.45, 2.75) is 0 Å². The summed E-state index contributed by atoms with van der Waals surface area (Å²) in [5.41, 5.74) is 5.63. The van der Waals surface area contributed by atoms with E-state index in [4.69, 9.17) is 27.3 Å². The van der Waals surface area contributed by atoms with Crippen LogP contribution in [0.3, 0.4) is 0 Å². The Bertz CT molecular complexity index is 679. The molecule has 0 aromatic heterocycles. The standard InChI is InChI=1S/C13H9BrClFN2O2/c14-9-6-8(15)2-4-11(9)20-12-3-1-7(5-10(12)16)13(17)18-19/h1-6,19H,(H2,17,18). The van der Waals surface area contributed by atoms with Crippen LogP contribution in [0.1, 0.15) is 5.56 Å². The van der Waals surface area contributed by atoms with Crippen molar-refractivity contribution in [3.8, 4) is 11.5 Å². The van der Waals surface area contributed by atoms with Gasteiger partial charge in [-0.1, -0.05) is 16.8 Å². The van der Waals surface area contributed by atoms with Gasteiger partial charge in [0.1, 0.15) is 5.75 Å². The molecule has 0 saturated heterocycles. The Morgan fingerprint density at radius 1 is 1.25 bits per heavy atom. The number of nitrogens with zero attached hydrogens (tertiary/aromatic N) is 1. The van der Waals surface area contributed by atoms with Gasteiger partial charge in [-0.15, -0.1) is 0 Å². The Hall–Kier alpha value is -1.79. The largest absolute Gasteiger partial charge is 0.453 e. The number of benzene rings is 2. The van der Waals surface area contributed by atoms with E-state index in [1.165, 1.54) is 12.1 Å². The van der Waals surface area contributed by atoms with Crippen LogP contribution in [0.2, 0.25) is 5.02 Å². The Morgan fingerprint density at radius 2 is 1.95 bits per heavy atom. The lowest BCUT2D eigenvalue weighted by atomic mass is 10.2. The highest BCUT2D eigenvalue weighted by Gasteiger charge is 2.10. The Morgan fingerprint density at radius 3 is 2.55 bits per heavy atom. The highest BCUT2D eigenvalue weighted by atomic mass is 79.9. The van der Waals surface area contributed by atoms with Gasteiger partial charge in [-0.25, -0.2) is 4.39 Å². The maximum absolute atomic E-state index is 13.9. The molecule has 0 aliphatic rings. The second-order valence-electron chi connectivity index (χ2n) is 3.81. The highest BCUT2D eigenvalue weighted by molar-refractivity contribution is 9.10. The fraction of sp³-hybridized carbons (Fsp3) is 0. The summed E-state index contributed by atoms with van der Waals surface area (Å²) in [6.07, 6.45) is 0. The molecule has 0 amide bonds. The third-order valence-corrected chi connectivity index (χ3v) is 3.30. The van der Waals surface area contributed by atoms with Crippen LogP contribution < -0.4 is 10.5 Å². The molecule has 104 valence electrons. The van der Waals surface area contributed by atoms with Gasteiger partial charge in [0.25, 0.3) is 0 Å². The summed E-state index contributed by atoms with van der Waals surface area (Å²) in [5, 5.41) is 11.9. The smallest absolute Gasteiger partial charge is 0.170 e. The molecule has 0 spiro atoms. The van der Waals surface area contributed by atoms with Crippen LogP contribution in [0, 0.1) is 5.82 Å². The van der Waals surface area contributed by atoms with Gasteiger partial charge >= 0.3 is 0 Å². The lowest BCUT2D eigenvalue weighted by molar-refractivity contribution is 0.318. The fourth-order valence-corrected chi connectivity index (χ4v) is 2.24. The van der Waals surface area contributed by atoms with E-state index in [-0.39, 0.29) is 17.1 Å². The quantitative estimate of drug-likeness (QED) is 0.375. The van der Waals surface area contributed by atoms with Gasteiger partial charge in [-0.2, -0.15) is 0 Å². The zero-order valence-electron chi connectivity index (χ0n) is 9.98. The van der Waals surface area contributed by atoms with Gasteiger partial charge in [0.15, 0.2) is 17.4 Å². The van der Waals surface area contributed by atoms with Crippen LogP contribution in [0.25, 0.3) is 0 Å². The first kappa shape index (κ1) is 14.6. The Balaban J connectivity index is 2.30. The monoisotopic (exact) mass is 358 g/mol. The van der Waals surface area contributed by atoms with E-state index >= 15 is 0 Å². The molecule has 2 rings (SSSR count). The minimum absolute atomic E-state index is 0.0162. The topological polar surface area (TPSA) is 67.8 Å². The lowest BCUT2D eigenvalue weighted by Crippen LogP contribution is -2.13. The number of ether oxygens (including phenoxy) is 1. The minimum atomic E-state index is -0.629. The second kappa shape index (κ2) is 6.11. The molecule has 0 fully saturated rings. The number of hydrogen-bond acceptors (Lipinski definition) is 3.